The normalized spacial score (nSPS) is 12.7. The number of aromatic nitrogens is 2. The number of phenolic OH excluding ortho intramolecular Hbond substituents is 1. The molecule has 3 rings (SSSR count). The van der Waals surface area contributed by atoms with Crippen molar-refractivity contribution < 1.29 is 24.9 Å². The number of methoxy groups -OCH3 is 1. The van der Waals surface area contributed by atoms with Crippen molar-refractivity contribution in [1.82, 2.24) is 9.97 Å². The second-order valence-corrected chi connectivity index (χ2v) is 4.83. The monoisotopic (exact) mass is 302 g/mol. The van der Waals surface area contributed by atoms with Crippen LogP contribution in [0.5, 0.6) is 5.75 Å². The summed E-state index contributed by atoms with van der Waals surface area (Å²) < 4.78 is 4.66. The van der Waals surface area contributed by atoms with Crippen LogP contribution in [0.25, 0.3) is 21.8 Å². The number of para-hydroxylation sites is 1. The summed E-state index contributed by atoms with van der Waals surface area (Å²) in [4.78, 5) is 18.8. The number of H-pyrrole nitrogens is 1. The van der Waals surface area contributed by atoms with Gasteiger partial charge < -0.3 is 25.0 Å². The molecule has 0 aliphatic rings. The first-order valence-electron chi connectivity index (χ1n) is 6.58. The van der Waals surface area contributed by atoms with Crippen LogP contribution in [0.2, 0.25) is 0 Å². The van der Waals surface area contributed by atoms with Gasteiger partial charge in [0, 0.05) is 10.8 Å². The maximum atomic E-state index is 11.8. The molecular formula is C15H14N2O5. The lowest BCUT2D eigenvalue weighted by atomic mass is 10.1. The molecular weight excluding hydrogens is 288 g/mol. The predicted octanol–water partition coefficient (Wildman–Crippen LogP) is 1.23. The number of nitrogens with zero attached hydrogens (tertiary/aromatic N) is 1. The molecule has 7 heteroatoms. The van der Waals surface area contributed by atoms with Crippen LogP contribution in [0, 0.1) is 0 Å². The Bertz CT molecular complexity index is 871. The van der Waals surface area contributed by atoms with Gasteiger partial charge in [0.1, 0.15) is 17.5 Å². The molecule has 0 aliphatic carbocycles. The molecule has 0 spiro atoms. The number of aromatic hydroxyl groups is 1. The summed E-state index contributed by atoms with van der Waals surface area (Å²) in [5, 5.41) is 30.4. The minimum atomic E-state index is -1.26. The molecule has 1 aromatic carbocycles. The Balaban J connectivity index is 2.42. The van der Waals surface area contributed by atoms with Crippen LogP contribution in [0.3, 0.4) is 0 Å². The van der Waals surface area contributed by atoms with Crippen molar-refractivity contribution >= 4 is 27.8 Å². The molecule has 0 saturated heterocycles. The SMILES string of the molecule is COC(=O)c1cc2c([nH]c3c(O)cccc32)c([C@@H](O)CO)n1. The molecule has 0 aliphatic heterocycles. The van der Waals surface area contributed by atoms with E-state index < -0.39 is 18.7 Å². The van der Waals surface area contributed by atoms with Gasteiger partial charge in [-0.05, 0) is 12.1 Å². The number of benzene rings is 1. The number of aliphatic hydroxyl groups is 2. The number of fused-ring (bicyclic) bond motifs is 3. The summed E-state index contributed by atoms with van der Waals surface area (Å²) in [5.74, 6) is -0.611. The Morgan fingerprint density at radius 1 is 1.36 bits per heavy atom. The molecule has 0 fully saturated rings. The third-order valence-corrected chi connectivity index (χ3v) is 3.51. The number of esters is 1. The first-order valence-corrected chi connectivity index (χ1v) is 6.58. The zero-order chi connectivity index (χ0) is 15.9. The number of ether oxygens (including phenoxy) is 1. The zero-order valence-corrected chi connectivity index (χ0v) is 11.7. The van der Waals surface area contributed by atoms with Crippen molar-refractivity contribution in [2.75, 3.05) is 13.7 Å². The third-order valence-electron chi connectivity index (χ3n) is 3.51. The van der Waals surface area contributed by atoms with Crippen LogP contribution in [-0.2, 0) is 4.74 Å². The van der Waals surface area contributed by atoms with Gasteiger partial charge in [0.15, 0.2) is 0 Å². The molecule has 2 aromatic heterocycles. The van der Waals surface area contributed by atoms with E-state index in [1.807, 2.05) is 0 Å². The number of hydrogen-bond acceptors (Lipinski definition) is 6. The molecule has 22 heavy (non-hydrogen) atoms. The molecule has 3 aromatic rings. The summed E-state index contributed by atoms with van der Waals surface area (Å²) in [6, 6.07) is 6.48. The van der Waals surface area contributed by atoms with Crippen LogP contribution < -0.4 is 0 Å². The Morgan fingerprint density at radius 3 is 2.82 bits per heavy atom. The minimum Gasteiger partial charge on any atom is -0.506 e. The molecule has 0 amide bonds. The fourth-order valence-corrected chi connectivity index (χ4v) is 2.47. The highest BCUT2D eigenvalue weighted by Gasteiger charge is 2.21. The standard InChI is InChI=1S/C15H14N2O5/c1-22-15(21)9-5-8-7-3-2-4-10(19)12(7)17-13(8)14(16-9)11(20)6-18/h2-5,11,17-20H,6H2,1H3/t11-/m0/s1. The summed E-state index contributed by atoms with van der Waals surface area (Å²) in [6.45, 7) is -0.548. The number of phenols is 1. The van der Waals surface area contributed by atoms with Gasteiger partial charge in [-0.25, -0.2) is 9.78 Å². The van der Waals surface area contributed by atoms with Crippen LogP contribution in [0.15, 0.2) is 24.3 Å². The topological polar surface area (TPSA) is 116 Å². The van der Waals surface area contributed by atoms with Crippen LogP contribution in [0.4, 0.5) is 0 Å². The average Bonchev–Trinajstić information content (AvgIpc) is 2.92. The van der Waals surface area contributed by atoms with E-state index in [0.29, 0.717) is 21.8 Å². The van der Waals surface area contributed by atoms with E-state index in [4.69, 9.17) is 0 Å². The summed E-state index contributed by atoms with van der Waals surface area (Å²) >= 11 is 0. The third kappa shape index (κ3) is 2.07. The molecule has 0 unspecified atom stereocenters. The van der Waals surface area contributed by atoms with E-state index in [2.05, 4.69) is 14.7 Å². The van der Waals surface area contributed by atoms with Crippen molar-refractivity contribution in [3.8, 4) is 5.75 Å². The lowest BCUT2D eigenvalue weighted by Gasteiger charge is -2.09. The Kier molecular flexibility index (Phi) is 3.44. The number of aliphatic hydroxyl groups excluding tert-OH is 2. The number of aromatic amines is 1. The van der Waals surface area contributed by atoms with Gasteiger partial charge in [0.05, 0.1) is 30.4 Å². The summed E-state index contributed by atoms with van der Waals surface area (Å²) in [5.41, 5.74) is 1.05. The zero-order valence-electron chi connectivity index (χ0n) is 11.7. The van der Waals surface area contributed by atoms with E-state index in [-0.39, 0.29) is 17.1 Å². The smallest absolute Gasteiger partial charge is 0.356 e. The van der Waals surface area contributed by atoms with E-state index in [1.54, 1.807) is 12.1 Å². The van der Waals surface area contributed by atoms with Gasteiger partial charge in [-0.2, -0.15) is 0 Å². The Labute approximate surface area is 124 Å². The molecule has 2 heterocycles. The first-order chi connectivity index (χ1) is 10.6. The minimum absolute atomic E-state index is 0.0155. The largest absolute Gasteiger partial charge is 0.506 e. The van der Waals surface area contributed by atoms with Gasteiger partial charge in [0.2, 0.25) is 0 Å². The second-order valence-electron chi connectivity index (χ2n) is 4.83. The van der Waals surface area contributed by atoms with Crippen molar-refractivity contribution in [3.05, 3.63) is 35.7 Å². The van der Waals surface area contributed by atoms with Crippen LogP contribution in [-0.4, -0.2) is 45.0 Å². The van der Waals surface area contributed by atoms with E-state index in [9.17, 15) is 20.1 Å². The second kappa shape index (κ2) is 5.28. The number of carbonyl (C=O) groups is 1. The fourth-order valence-electron chi connectivity index (χ4n) is 2.47. The van der Waals surface area contributed by atoms with E-state index in [0.717, 1.165) is 0 Å². The van der Waals surface area contributed by atoms with Crippen molar-refractivity contribution in [1.29, 1.82) is 0 Å². The van der Waals surface area contributed by atoms with Gasteiger partial charge in [0.25, 0.3) is 0 Å². The molecule has 0 bridgehead atoms. The summed E-state index contributed by atoms with van der Waals surface area (Å²) in [7, 11) is 1.23. The number of nitrogens with one attached hydrogen (secondary N) is 1. The first kappa shape index (κ1) is 14.3. The predicted molar refractivity (Wildman–Crippen MR) is 78.6 cm³/mol. The highest BCUT2D eigenvalue weighted by molar-refractivity contribution is 6.11. The molecule has 114 valence electrons. The van der Waals surface area contributed by atoms with Crippen molar-refractivity contribution in [2.45, 2.75) is 6.10 Å². The molecule has 0 radical (unpaired) electrons. The van der Waals surface area contributed by atoms with Crippen molar-refractivity contribution in [3.63, 3.8) is 0 Å². The fraction of sp³-hybridized carbons (Fsp3) is 0.200. The molecule has 7 nitrogen and oxygen atoms in total. The number of pyridine rings is 1. The lowest BCUT2D eigenvalue weighted by molar-refractivity contribution is 0.0590. The molecule has 4 N–H and O–H groups in total. The van der Waals surface area contributed by atoms with Gasteiger partial charge in [-0.1, -0.05) is 12.1 Å². The highest BCUT2D eigenvalue weighted by atomic mass is 16.5. The Morgan fingerprint density at radius 2 is 2.14 bits per heavy atom. The number of carbonyl (C=O) groups excluding carboxylic acids is 1. The lowest BCUT2D eigenvalue weighted by Crippen LogP contribution is -2.11. The number of rotatable bonds is 3. The maximum Gasteiger partial charge on any atom is 0.356 e. The summed E-state index contributed by atoms with van der Waals surface area (Å²) in [6.07, 6.45) is -1.26. The maximum absolute atomic E-state index is 11.8. The van der Waals surface area contributed by atoms with E-state index >= 15 is 0 Å². The van der Waals surface area contributed by atoms with Crippen molar-refractivity contribution in [2.24, 2.45) is 0 Å². The average molecular weight is 302 g/mol. The molecule has 1 atom stereocenters. The van der Waals surface area contributed by atoms with Crippen LogP contribution in [0.1, 0.15) is 22.3 Å². The highest BCUT2D eigenvalue weighted by Crippen LogP contribution is 2.34. The Hall–Kier alpha value is -2.64. The van der Waals surface area contributed by atoms with Gasteiger partial charge >= 0.3 is 5.97 Å². The molecule has 0 saturated carbocycles. The van der Waals surface area contributed by atoms with E-state index in [1.165, 1.54) is 19.2 Å². The van der Waals surface area contributed by atoms with Gasteiger partial charge in [-0.15, -0.1) is 0 Å². The number of hydrogen-bond donors (Lipinski definition) is 4. The van der Waals surface area contributed by atoms with Crippen LogP contribution >= 0.6 is 0 Å². The van der Waals surface area contributed by atoms with Gasteiger partial charge in [-0.3, -0.25) is 0 Å². The quantitative estimate of drug-likeness (QED) is 0.541.